The molecule has 2 aromatic rings. The highest BCUT2D eigenvalue weighted by Gasteiger charge is 2.14. The number of anilines is 1. The maximum Gasteiger partial charge on any atom is 0.254 e. The van der Waals surface area contributed by atoms with Crippen LogP contribution in [-0.2, 0) is 6.54 Å². The molecule has 2 N–H and O–H groups in total. The molecule has 0 saturated carbocycles. The largest absolute Gasteiger partial charge is 0.497 e. The third kappa shape index (κ3) is 3.72. The van der Waals surface area contributed by atoms with E-state index in [0.29, 0.717) is 23.5 Å². The van der Waals surface area contributed by atoms with Crippen molar-refractivity contribution < 1.29 is 13.9 Å². The first-order chi connectivity index (χ1) is 9.99. The molecule has 0 aliphatic carbocycles. The molecule has 4 nitrogen and oxygen atoms in total. The lowest BCUT2D eigenvalue weighted by Gasteiger charge is -2.18. The van der Waals surface area contributed by atoms with E-state index in [0.717, 1.165) is 5.56 Å². The Morgan fingerprint density at radius 2 is 1.90 bits per heavy atom. The highest BCUT2D eigenvalue weighted by atomic mass is 19.1. The maximum atomic E-state index is 12.9. The summed E-state index contributed by atoms with van der Waals surface area (Å²) in [5.41, 5.74) is 7.52. The Kier molecular flexibility index (Phi) is 4.42. The number of amides is 1. The Balaban J connectivity index is 2.15. The number of benzene rings is 2. The molecule has 2 rings (SSSR count). The van der Waals surface area contributed by atoms with Crippen LogP contribution < -0.4 is 10.5 Å². The molecule has 0 saturated heterocycles. The molecule has 0 bridgehead atoms. The van der Waals surface area contributed by atoms with E-state index in [1.165, 1.54) is 19.2 Å². The van der Waals surface area contributed by atoms with Crippen LogP contribution in [0.3, 0.4) is 0 Å². The van der Waals surface area contributed by atoms with E-state index in [9.17, 15) is 9.18 Å². The molecule has 0 aliphatic heterocycles. The molecule has 5 heteroatoms. The van der Waals surface area contributed by atoms with Gasteiger partial charge in [-0.05, 0) is 29.8 Å². The summed E-state index contributed by atoms with van der Waals surface area (Å²) in [7, 11) is 3.20. The number of carbonyl (C=O) groups excluding carboxylic acids is 1. The van der Waals surface area contributed by atoms with E-state index in [1.807, 2.05) is 0 Å². The van der Waals surface area contributed by atoms with E-state index >= 15 is 0 Å². The fourth-order valence-corrected chi connectivity index (χ4v) is 2.02. The fourth-order valence-electron chi connectivity index (χ4n) is 2.02. The van der Waals surface area contributed by atoms with Crippen LogP contribution in [0.1, 0.15) is 15.9 Å². The Hall–Kier alpha value is -2.56. The van der Waals surface area contributed by atoms with Crippen molar-refractivity contribution in [1.29, 1.82) is 0 Å². The average molecular weight is 288 g/mol. The quantitative estimate of drug-likeness (QED) is 0.880. The average Bonchev–Trinajstić information content (AvgIpc) is 2.48. The second kappa shape index (κ2) is 6.26. The van der Waals surface area contributed by atoms with Gasteiger partial charge < -0.3 is 15.4 Å². The molecule has 0 atom stereocenters. The number of carbonyl (C=O) groups is 1. The lowest BCUT2D eigenvalue weighted by molar-refractivity contribution is 0.0785. The molecule has 1 amide bonds. The summed E-state index contributed by atoms with van der Waals surface area (Å²) in [5, 5.41) is 0. The van der Waals surface area contributed by atoms with Crippen LogP contribution in [0.15, 0.2) is 42.5 Å². The number of nitrogens with zero attached hydrogens (tertiary/aromatic N) is 1. The second-order valence-corrected chi connectivity index (χ2v) is 4.78. The van der Waals surface area contributed by atoms with Gasteiger partial charge in [-0.3, -0.25) is 4.79 Å². The van der Waals surface area contributed by atoms with E-state index in [2.05, 4.69) is 0 Å². The number of rotatable bonds is 4. The Morgan fingerprint density at radius 3 is 2.52 bits per heavy atom. The predicted octanol–water partition coefficient (Wildman–Crippen LogP) is 2.69. The lowest BCUT2D eigenvalue weighted by Crippen LogP contribution is -2.26. The first-order valence-electron chi connectivity index (χ1n) is 6.44. The van der Waals surface area contributed by atoms with Crippen LogP contribution >= 0.6 is 0 Å². The topological polar surface area (TPSA) is 55.6 Å². The summed E-state index contributed by atoms with van der Waals surface area (Å²) in [6, 6.07) is 10.9. The molecule has 0 fully saturated rings. The number of methoxy groups -OCH3 is 1. The molecular weight excluding hydrogens is 271 g/mol. The summed E-state index contributed by atoms with van der Waals surface area (Å²) >= 11 is 0. The molecular formula is C16H17FN2O2. The van der Waals surface area contributed by atoms with E-state index < -0.39 is 0 Å². The Morgan fingerprint density at radius 1 is 1.24 bits per heavy atom. The minimum atomic E-state index is -0.298. The van der Waals surface area contributed by atoms with Crippen molar-refractivity contribution in [3.63, 3.8) is 0 Å². The predicted molar refractivity (Wildman–Crippen MR) is 79.6 cm³/mol. The monoisotopic (exact) mass is 288 g/mol. The molecule has 2 aromatic carbocycles. The van der Waals surface area contributed by atoms with Crippen LogP contribution in [0.4, 0.5) is 10.1 Å². The van der Waals surface area contributed by atoms with Gasteiger partial charge in [0.1, 0.15) is 11.6 Å². The number of hydrogen-bond donors (Lipinski definition) is 1. The summed E-state index contributed by atoms with van der Waals surface area (Å²) in [6.45, 7) is 0.385. The van der Waals surface area contributed by atoms with E-state index in [4.69, 9.17) is 10.5 Å². The fraction of sp³-hybridized carbons (Fsp3) is 0.188. The van der Waals surface area contributed by atoms with Crippen molar-refractivity contribution in [2.24, 2.45) is 0 Å². The number of halogens is 1. The van der Waals surface area contributed by atoms with Gasteiger partial charge >= 0.3 is 0 Å². The van der Waals surface area contributed by atoms with Crippen LogP contribution in [-0.4, -0.2) is 25.0 Å². The third-order valence-electron chi connectivity index (χ3n) is 3.09. The van der Waals surface area contributed by atoms with Crippen molar-refractivity contribution in [3.8, 4) is 5.75 Å². The van der Waals surface area contributed by atoms with Gasteiger partial charge in [-0.1, -0.05) is 12.1 Å². The Bertz CT molecular complexity index is 641. The summed E-state index contributed by atoms with van der Waals surface area (Å²) in [4.78, 5) is 13.9. The summed E-state index contributed by atoms with van der Waals surface area (Å²) in [6.07, 6.45) is 0. The second-order valence-electron chi connectivity index (χ2n) is 4.78. The van der Waals surface area contributed by atoms with Gasteiger partial charge in [-0.15, -0.1) is 0 Å². The summed E-state index contributed by atoms with van der Waals surface area (Å²) in [5.74, 6) is 0.0618. The van der Waals surface area contributed by atoms with E-state index in [1.54, 1.807) is 42.3 Å². The molecule has 0 aliphatic rings. The molecule has 0 spiro atoms. The number of hydrogen-bond acceptors (Lipinski definition) is 3. The molecule has 0 radical (unpaired) electrons. The first kappa shape index (κ1) is 14.8. The molecule has 21 heavy (non-hydrogen) atoms. The van der Waals surface area contributed by atoms with Crippen molar-refractivity contribution in [2.75, 3.05) is 19.9 Å². The molecule has 0 aromatic heterocycles. The van der Waals surface area contributed by atoms with Gasteiger partial charge in [0, 0.05) is 30.9 Å². The van der Waals surface area contributed by atoms with Crippen molar-refractivity contribution >= 4 is 11.6 Å². The minimum Gasteiger partial charge on any atom is -0.497 e. The lowest BCUT2D eigenvalue weighted by atomic mass is 10.1. The van der Waals surface area contributed by atoms with Crippen LogP contribution in [0, 0.1) is 5.82 Å². The first-order valence-corrected chi connectivity index (χ1v) is 6.44. The zero-order valence-corrected chi connectivity index (χ0v) is 12.0. The summed E-state index contributed by atoms with van der Waals surface area (Å²) < 4.78 is 18.0. The van der Waals surface area contributed by atoms with E-state index in [-0.39, 0.29) is 11.7 Å². The van der Waals surface area contributed by atoms with Crippen molar-refractivity contribution in [3.05, 3.63) is 59.4 Å². The number of ether oxygens (including phenoxy) is 1. The van der Waals surface area contributed by atoms with Crippen LogP contribution in [0.5, 0.6) is 5.75 Å². The van der Waals surface area contributed by atoms with Gasteiger partial charge in [0.15, 0.2) is 0 Å². The van der Waals surface area contributed by atoms with Crippen LogP contribution in [0.2, 0.25) is 0 Å². The molecule has 0 unspecified atom stereocenters. The zero-order valence-electron chi connectivity index (χ0n) is 12.0. The number of nitrogens with two attached hydrogens (primary N) is 1. The van der Waals surface area contributed by atoms with Gasteiger partial charge in [0.25, 0.3) is 5.91 Å². The normalized spacial score (nSPS) is 10.2. The smallest absolute Gasteiger partial charge is 0.254 e. The highest BCUT2D eigenvalue weighted by Crippen LogP contribution is 2.20. The van der Waals surface area contributed by atoms with Gasteiger partial charge in [0.2, 0.25) is 0 Å². The van der Waals surface area contributed by atoms with Gasteiger partial charge in [-0.25, -0.2) is 4.39 Å². The van der Waals surface area contributed by atoms with Gasteiger partial charge in [0.05, 0.1) is 7.11 Å². The molecule has 110 valence electrons. The molecule has 0 heterocycles. The van der Waals surface area contributed by atoms with Crippen LogP contribution in [0.25, 0.3) is 0 Å². The standard InChI is InChI=1S/C16H17FN2O2/c1-19(10-11-3-5-13(17)6-4-11)16(20)12-7-14(18)9-15(8-12)21-2/h3-9H,10,18H2,1-2H3. The minimum absolute atomic E-state index is 0.176. The maximum absolute atomic E-state index is 12.9. The van der Waals surface area contributed by atoms with Crippen molar-refractivity contribution in [1.82, 2.24) is 4.90 Å². The Labute approximate surface area is 122 Å². The van der Waals surface area contributed by atoms with Crippen molar-refractivity contribution in [2.45, 2.75) is 6.54 Å². The SMILES string of the molecule is COc1cc(N)cc(C(=O)N(C)Cc2ccc(F)cc2)c1. The number of nitrogen functional groups attached to an aromatic ring is 1. The zero-order chi connectivity index (χ0) is 15.4. The highest BCUT2D eigenvalue weighted by molar-refractivity contribution is 5.95. The third-order valence-corrected chi connectivity index (χ3v) is 3.09. The van der Waals surface area contributed by atoms with Gasteiger partial charge in [-0.2, -0.15) is 0 Å².